The van der Waals surface area contributed by atoms with E-state index >= 15 is 0 Å². The Balaban J connectivity index is 1.57. The summed E-state index contributed by atoms with van der Waals surface area (Å²) in [5.41, 5.74) is 1.54. The standard InChI is InChI=1S/C22H33/c1-4-10-19(11-5-1)16-17-22(21-14-8-3-9-15-21)18-20-12-6-2-7-13-20/h6-7,12-13,19,21-22H,1,3-5,8-11,14-18H2. The van der Waals surface area contributed by atoms with Crippen LogP contribution in [0.15, 0.2) is 24.3 Å². The molecule has 0 heterocycles. The minimum absolute atomic E-state index is 0.935. The maximum Gasteiger partial charge on any atom is -0.0184 e. The third kappa shape index (κ3) is 4.86. The van der Waals surface area contributed by atoms with Crippen LogP contribution in [0.5, 0.6) is 0 Å². The van der Waals surface area contributed by atoms with Crippen molar-refractivity contribution in [3.8, 4) is 0 Å². The lowest BCUT2D eigenvalue weighted by Crippen LogP contribution is -2.21. The van der Waals surface area contributed by atoms with Crippen LogP contribution in [0.4, 0.5) is 0 Å². The van der Waals surface area contributed by atoms with Gasteiger partial charge >= 0.3 is 0 Å². The summed E-state index contributed by atoms with van der Waals surface area (Å²) in [6.07, 6.45) is 19.2. The summed E-state index contributed by atoms with van der Waals surface area (Å²) in [5.74, 6) is 2.98. The fourth-order valence-corrected chi connectivity index (χ4v) is 4.90. The smallest absolute Gasteiger partial charge is 0.0184 e. The largest absolute Gasteiger partial charge is 0.0584 e. The normalized spacial score (nSPS) is 22.5. The Morgan fingerprint density at radius 2 is 1.50 bits per heavy atom. The first-order valence-corrected chi connectivity index (χ1v) is 9.87. The molecule has 1 aromatic rings. The van der Waals surface area contributed by atoms with Crippen LogP contribution in [0.25, 0.3) is 0 Å². The number of benzene rings is 1. The van der Waals surface area contributed by atoms with E-state index in [0.29, 0.717) is 0 Å². The highest BCUT2D eigenvalue weighted by atomic mass is 14.3. The molecular weight excluding hydrogens is 264 g/mol. The lowest BCUT2D eigenvalue weighted by molar-refractivity contribution is 0.211. The van der Waals surface area contributed by atoms with Crippen molar-refractivity contribution in [1.82, 2.24) is 0 Å². The van der Waals surface area contributed by atoms with Gasteiger partial charge in [0.1, 0.15) is 0 Å². The van der Waals surface area contributed by atoms with Gasteiger partial charge in [0, 0.05) is 0 Å². The van der Waals surface area contributed by atoms with Crippen molar-refractivity contribution >= 4 is 0 Å². The fraction of sp³-hybridized carbons (Fsp3) is 0.727. The van der Waals surface area contributed by atoms with Crippen LogP contribution in [-0.4, -0.2) is 0 Å². The topological polar surface area (TPSA) is 0 Å². The second-order valence-corrected chi connectivity index (χ2v) is 7.85. The molecule has 1 atom stereocenters. The Labute approximate surface area is 137 Å². The van der Waals surface area contributed by atoms with E-state index in [1.807, 2.05) is 0 Å². The van der Waals surface area contributed by atoms with Gasteiger partial charge in [0.2, 0.25) is 0 Å². The second kappa shape index (κ2) is 8.75. The molecule has 0 saturated heterocycles. The van der Waals surface area contributed by atoms with Crippen molar-refractivity contribution in [2.45, 2.75) is 83.5 Å². The van der Waals surface area contributed by atoms with E-state index in [1.165, 1.54) is 89.0 Å². The minimum Gasteiger partial charge on any atom is -0.0584 e. The molecule has 0 aromatic heterocycles. The maximum atomic E-state index is 3.17. The molecule has 0 N–H and O–H groups in total. The van der Waals surface area contributed by atoms with E-state index in [4.69, 9.17) is 0 Å². The average Bonchev–Trinajstić information content (AvgIpc) is 2.61. The van der Waals surface area contributed by atoms with Crippen molar-refractivity contribution in [1.29, 1.82) is 0 Å². The molecule has 0 nitrogen and oxygen atoms in total. The Bertz CT molecular complexity index is 395. The molecule has 1 radical (unpaired) electrons. The van der Waals surface area contributed by atoms with E-state index in [-0.39, 0.29) is 0 Å². The molecule has 0 spiro atoms. The van der Waals surface area contributed by atoms with Crippen molar-refractivity contribution in [3.63, 3.8) is 0 Å². The molecule has 0 amide bonds. The molecule has 1 unspecified atom stereocenters. The van der Waals surface area contributed by atoms with E-state index in [0.717, 1.165) is 17.8 Å². The van der Waals surface area contributed by atoms with Gasteiger partial charge in [0.05, 0.1) is 0 Å². The van der Waals surface area contributed by atoms with Crippen LogP contribution >= 0.6 is 0 Å². The second-order valence-electron chi connectivity index (χ2n) is 7.85. The van der Waals surface area contributed by atoms with Gasteiger partial charge in [0.25, 0.3) is 0 Å². The molecule has 2 saturated carbocycles. The lowest BCUT2D eigenvalue weighted by atomic mass is 9.73. The van der Waals surface area contributed by atoms with E-state index in [1.54, 1.807) is 0 Å². The Morgan fingerprint density at radius 3 is 2.18 bits per heavy atom. The zero-order valence-corrected chi connectivity index (χ0v) is 14.2. The first kappa shape index (κ1) is 16.1. The lowest BCUT2D eigenvalue weighted by Gasteiger charge is -2.32. The van der Waals surface area contributed by atoms with Crippen molar-refractivity contribution in [2.75, 3.05) is 0 Å². The monoisotopic (exact) mass is 297 g/mol. The third-order valence-electron chi connectivity index (χ3n) is 6.27. The van der Waals surface area contributed by atoms with E-state index in [9.17, 15) is 0 Å². The average molecular weight is 298 g/mol. The van der Waals surface area contributed by atoms with Crippen LogP contribution in [0.1, 0.15) is 82.6 Å². The quantitative estimate of drug-likeness (QED) is 0.556. The van der Waals surface area contributed by atoms with Crippen molar-refractivity contribution in [2.24, 2.45) is 17.8 Å². The predicted octanol–water partition coefficient (Wildman–Crippen LogP) is 6.59. The molecular formula is C22H33. The van der Waals surface area contributed by atoms with Crippen molar-refractivity contribution in [3.05, 3.63) is 35.9 Å². The summed E-state index contributed by atoms with van der Waals surface area (Å²) in [6, 6.07) is 11.9. The molecule has 0 heteroatoms. The first-order chi connectivity index (χ1) is 10.9. The van der Waals surface area contributed by atoms with Crippen LogP contribution in [0.2, 0.25) is 0 Å². The number of rotatable bonds is 6. The summed E-state index contributed by atoms with van der Waals surface area (Å²) in [4.78, 5) is 0. The van der Waals surface area contributed by atoms with Gasteiger partial charge in [-0.25, -0.2) is 0 Å². The number of hydrogen-bond acceptors (Lipinski definition) is 0. The maximum absolute atomic E-state index is 3.17. The highest BCUT2D eigenvalue weighted by molar-refractivity contribution is 5.14. The first-order valence-electron chi connectivity index (χ1n) is 9.87. The molecule has 3 rings (SSSR count). The minimum atomic E-state index is 0.935. The van der Waals surface area contributed by atoms with Crippen LogP contribution < -0.4 is 0 Å². The summed E-state index contributed by atoms with van der Waals surface area (Å²) >= 11 is 0. The van der Waals surface area contributed by atoms with Gasteiger partial charge in [-0.1, -0.05) is 94.9 Å². The van der Waals surface area contributed by atoms with E-state index in [2.05, 4.69) is 30.3 Å². The van der Waals surface area contributed by atoms with Gasteiger partial charge in [0.15, 0.2) is 0 Å². The van der Waals surface area contributed by atoms with Crippen LogP contribution in [0.3, 0.4) is 0 Å². The Kier molecular flexibility index (Phi) is 6.40. The van der Waals surface area contributed by atoms with Gasteiger partial charge in [-0.3, -0.25) is 0 Å². The SMILES string of the molecule is [c]1ccc(CC(CCC2CCCCC2)C2CCCCC2)cc1. The van der Waals surface area contributed by atoms with E-state index < -0.39 is 0 Å². The number of hydrogen-bond donors (Lipinski definition) is 0. The molecule has 0 aliphatic heterocycles. The molecule has 22 heavy (non-hydrogen) atoms. The molecule has 1 aromatic carbocycles. The summed E-state index contributed by atoms with van der Waals surface area (Å²) in [6.45, 7) is 0. The van der Waals surface area contributed by atoms with Crippen LogP contribution in [-0.2, 0) is 6.42 Å². The highest BCUT2D eigenvalue weighted by Gasteiger charge is 2.25. The predicted molar refractivity (Wildman–Crippen MR) is 94.9 cm³/mol. The summed E-state index contributed by atoms with van der Waals surface area (Å²) in [7, 11) is 0. The molecule has 2 aliphatic rings. The Hall–Kier alpha value is -0.780. The summed E-state index contributed by atoms with van der Waals surface area (Å²) in [5, 5.41) is 0. The fourth-order valence-electron chi connectivity index (χ4n) is 4.90. The molecule has 0 bridgehead atoms. The third-order valence-corrected chi connectivity index (χ3v) is 6.27. The highest BCUT2D eigenvalue weighted by Crippen LogP contribution is 2.37. The Morgan fingerprint density at radius 1 is 0.864 bits per heavy atom. The summed E-state index contributed by atoms with van der Waals surface area (Å²) < 4.78 is 0. The van der Waals surface area contributed by atoms with Gasteiger partial charge < -0.3 is 0 Å². The zero-order valence-electron chi connectivity index (χ0n) is 14.2. The molecule has 121 valence electrons. The van der Waals surface area contributed by atoms with Gasteiger partial charge in [-0.15, -0.1) is 0 Å². The van der Waals surface area contributed by atoms with Gasteiger partial charge in [-0.05, 0) is 42.2 Å². The zero-order chi connectivity index (χ0) is 15.0. The molecule has 2 fully saturated rings. The molecule has 2 aliphatic carbocycles. The van der Waals surface area contributed by atoms with Gasteiger partial charge in [-0.2, -0.15) is 0 Å². The van der Waals surface area contributed by atoms with Crippen LogP contribution in [0, 0.1) is 23.8 Å². The van der Waals surface area contributed by atoms with Crippen molar-refractivity contribution < 1.29 is 0 Å².